The largest absolute Gasteiger partial charge is 0.294 e. The van der Waals surface area contributed by atoms with E-state index in [1.54, 1.807) is 0 Å². The third-order valence-electron chi connectivity index (χ3n) is 3.67. The highest BCUT2D eigenvalue weighted by Gasteiger charge is 2.26. The maximum Gasteiger partial charge on any atom is 0.238 e. The molecule has 0 saturated carbocycles. The van der Waals surface area contributed by atoms with Crippen molar-refractivity contribution in [1.29, 1.82) is 0 Å². The molecule has 0 N–H and O–H groups in total. The van der Waals surface area contributed by atoms with Crippen molar-refractivity contribution >= 4 is 48.3 Å². The number of carbonyl (C=O) groups excluding carboxylic acids is 2. The summed E-state index contributed by atoms with van der Waals surface area (Å²) >= 11 is 0. The van der Waals surface area contributed by atoms with Gasteiger partial charge < -0.3 is 0 Å². The van der Waals surface area contributed by atoms with Crippen molar-refractivity contribution < 1.29 is 26.4 Å². The fraction of sp³-hybridized carbons (Fsp3) is 0.333. The van der Waals surface area contributed by atoms with Crippen LogP contribution in [0.15, 0.2) is 18.2 Å². The van der Waals surface area contributed by atoms with Gasteiger partial charge in [-0.3, -0.25) is 9.59 Å². The number of carbonyl (C=O) groups is 2. The average Bonchev–Trinajstić information content (AvgIpc) is 2.67. The van der Waals surface area contributed by atoms with Gasteiger partial charge >= 0.3 is 0 Å². The number of sulfonamides is 1. The number of fused-ring (bicyclic) bond motifs is 1. The molecule has 0 unspecified atom stereocenters. The first kappa shape index (κ1) is 19.1. The molecule has 0 aliphatic heterocycles. The minimum absolute atomic E-state index is 0.0376. The molecule has 0 atom stereocenters. The van der Waals surface area contributed by atoms with E-state index in [2.05, 4.69) is 0 Å². The zero-order chi connectivity index (χ0) is 19.3. The summed E-state index contributed by atoms with van der Waals surface area (Å²) < 4.78 is 49.6. The Morgan fingerprint density at radius 2 is 1.60 bits per heavy atom. The molecule has 0 saturated heterocycles. The predicted octanol–water partition coefficient (Wildman–Crippen LogP) is 1.27. The van der Waals surface area contributed by atoms with Gasteiger partial charge in [0.2, 0.25) is 26.0 Å². The van der Waals surface area contributed by atoms with Gasteiger partial charge in [-0.2, -0.15) is 0 Å². The summed E-state index contributed by atoms with van der Waals surface area (Å²) in [6.07, 6.45) is 1.90. The molecule has 1 amide bonds. The predicted molar refractivity (Wildman–Crippen MR) is 94.9 cm³/mol. The summed E-state index contributed by atoms with van der Waals surface area (Å²) in [6.45, 7) is 3.89. The van der Waals surface area contributed by atoms with Crippen molar-refractivity contribution in [2.75, 3.05) is 16.8 Å². The molecule has 8 nitrogen and oxygen atoms in total. The number of benzene rings is 1. The second-order valence-electron chi connectivity index (χ2n) is 5.79. The minimum Gasteiger partial charge on any atom is -0.294 e. The van der Waals surface area contributed by atoms with Crippen LogP contribution in [-0.2, 0) is 24.8 Å². The molecule has 1 heterocycles. The van der Waals surface area contributed by atoms with Crippen molar-refractivity contribution in [3.63, 3.8) is 0 Å². The Kier molecular flexibility index (Phi) is 4.56. The van der Waals surface area contributed by atoms with E-state index in [0.717, 1.165) is 23.4 Å². The second-order valence-corrected chi connectivity index (χ2v) is 9.45. The maximum absolute atomic E-state index is 12.1. The molecule has 0 aliphatic rings. The molecule has 1 aromatic heterocycles. The number of hydrogen-bond acceptors (Lipinski definition) is 6. The van der Waals surface area contributed by atoms with Crippen LogP contribution in [0.4, 0.5) is 5.69 Å². The first-order valence-corrected chi connectivity index (χ1v) is 10.8. The third kappa shape index (κ3) is 3.31. The molecule has 2 rings (SSSR count). The molecule has 1 aromatic carbocycles. The molecular weight excluding hydrogens is 368 g/mol. The van der Waals surface area contributed by atoms with Crippen molar-refractivity contribution in [2.24, 2.45) is 0 Å². The van der Waals surface area contributed by atoms with E-state index in [0.29, 0.717) is 4.31 Å². The summed E-state index contributed by atoms with van der Waals surface area (Å²) in [4.78, 5) is 23.8. The Bertz CT molecular complexity index is 1110. The van der Waals surface area contributed by atoms with E-state index in [1.807, 2.05) is 0 Å². The lowest BCUT2D eigenvalue weighted by Crippen LogP contribution is -2.34. The average molecular weight is 386 g/mol. The van der Waals surface area contributed by atoms with Gasteiger partial charge in [0.05, 0.1) is 23.7 Å². The topological polar surface area (TPSA) is 111 Å². The van der Waals surface area contributed by atoms with Gasteiger partial charge in [0.25, 0.3) is 0 Å². The lowest BCUT2D eigenvalue weighted by atomic mass is 10.1. The van der Waals surface area contributed by atoms with Crippen LogP contribution in [0.5, 0.6) is 0 Å². The Morgan fingerprint density at radius 3 is 2.00 bits per heavy atom. The highest BCUT2D eigenvalue weighted by molar-refractivity contribution is 7.92. The maximum atomic E-state index is 12.1. The molecular formula is C15H18N2O6S2. The summed E-state index contributed by atoms with van der Waals surface area (Å²) in [5.41, 5.74) is 0.678. The molecule has 0 aliphatic carbocycles. The summed E-state index contributed by atoms with van der Waals surface area (Å²) in [6, 6.07) is 4.05. The van der Waals surface area contributed by atoms with Crippen LogP contribution in [0.25, 0.3) is 10.9 Å². The number of nitrogens with zero attached hydrogens (tertiary/aromatic N) is 2. The molecule has 0 spiro atoms. The zero-order valence-electron chi connectivity index (χ0n) is 14.4. The molecule has 2 aromatic rings. The minimum atomic E-state index is -3.88. The highest BCUT2D eigenvalue weighted by atomic mass is 32.2. The van der Waals surface area contributed by atoms with Crippen molar-refractivity contribution in [1.82, 2.24) is 3.97 Å². The molecule has 0 radical (unpaired) electrons. The Hall–Kier alpha value is -2.20. The number of rotatable bonds is 4. The lowest BCUT2D eigenvalue weighted by Gasteiger charge is -2.18. The fourth-order valence-electron chi connectivity index (χ4n) is 2.98. The van der Waals surface area contributed by atoms with E-state index in [1.165, 1.54) is 32.0 Å². The smallest absolute Gasteiger partial charge is 0.238 e. The van der Waals surface area contributed by atoms with E-state index in [-0.39, 0.29) is 33.6 Å². The molecule has 0 fully saturated rings. The SMILES string of the molecule is CC(=O)c1c(C)n(S(C)(=O)=O)c2ccc(N(C(C)=O)S(C)(=O)=O)cc12. The normalized spacial score (nSPS) is 12.4. The number of hydrogen-bond donors (Lipinski definition) is 0. The van der Waals surface area contributed by atoms with Crippen LogP contribution >= 0.6 is 0 Å². The number of aromatic nitrogens is 1. The Labute approximate surface area is 146 Å². The standard InChI is InChI=1S/C15H18N2O6S2/c1-9-15(10(2)18)13-8-12(17(11(3)19)25(5,22)23)6-7-14(13)16(9)24(4,20)21/h6-8H,1-5H3. The van der Waals surface area contributed by atoms with Crippen LogP contribution < -0.4 is 4.31 Å². The van der Waals surface area contributed by atoms with E-state index >= 15 is 0 Å². The molecule has 0 bridgehead atoms. The van der Waals surface area contributed by atoms with Crippen LogP contribution in [0.3, 0.4) is 0 Å². The first-order valence-electron chi connectivity index (χ1n) is 7.14. The summed E-state index contributed by atoms with van der Waals surface area (Å²) in [5.74, 6) is -1.08. The summed E-state index contributed by atoms with van der Waals surface area (Å²) in [7, 11) is -7.56. The number of ketones is 1. The van der Waals surface area contributed by atoms with Gasteiger partial charge in [0.15, 0.2) is 5.78 Å². The molecule has 10 heteroatoms. The van der Waals surface area contributed by atoms with Gasteiger partial charge in [-0.05, 0) is 32.0 Å². The van der Waals surface area contributed by atoms with Gasteiger partial charge in [-0.1, -0.05) is 0 Å². The monoisotopic (exact) mass is 386 g/mol. The molecule has 25 heavy (non-hydrogen) atoms. The van der Waals surface area contributed by atoms with Crippen LogP contribution in [-0.4, -0.2) is 45.0 Å². The Balaban J connectivity index is 2.96. The van der Waals surface area contributed by atoms with E-state index in [9.17, 15) is 26.4 Å². The summed E-state index contributed by atoms with van der Waals surface area (Å²) in [5, 5.41) is 0.267. The van der Waals surface area contributed by atoms with Crippen molar-refractivity contribution in [3.05, 3.63) is 29.5 Å². The van der Waals surface area contributed by atoms with Gasteiger partial charge in [-0.25, -0.2) is 25.1 Å². The fourth-order valence-corrected chi connectivity index (χ4v) is 5.05. The second kappa shape index (κ2) is 5.95. The molecule has 136 valence electrons. The van der Waals surface area contributed by atoms with Gasteiger partial charge in [-0.15, -0.1) is 0 Å². The van der Waals surface area contributed by atoms with Crippen LogP contribution in [0.1, 0.15) is 29.9 Å². The Morgan fingerprint density at radius 1 is 1.04 bits per heavy atom. The quantitative estimate of drug-likeness (QED) is 0.732. The van der Waals surface area contributed by atoms with Crippen LogP contribution in [0.2, 0.25) is 0 Å². The van der Waals surface area contributed by atoms with Crippen molar-refractivity contribution in [3.8, 4) is 0 Å². The highest BCUT2D eigenvalue weighted by Crippen LogP contribution is 2.32. The number of Topliss-reactive ketones (excluding diaryl/α,β-unsaturated/α-hetero) is 1. The zero-order valence-corrected chi connectivity index (χ0v) is 16.0. The van der Waals surface area contributed by atoms with E-state index < -0.39 is 26.0 Å². The van der Waals surface area contributed by atoms with Crippen molar-refractivity contribution in [2.45, 2.75) is 20.8 Å². The lowest BCUT2D eigenvalue weighted by molar-refractivity contribution is -0.115. The number of anilines is 1. The van der Waals surface area contributed by atoms with Crippen LogP contribution in [0, 0.1) is 6.92 Å². The first-order chi connectivity index (χ1) is 11.3. The number of amides is 1. The van der Waals surface area contributed by atoms with E-state index in [4.69, 9.17) is 0 Å². The van der Waals surface area contributed by atoms with Gasteiger partial charge in [0.1, 0.15) is 0 Å². The third-order valence-corrected chi connectivity index (χ3v) is 5.94. The van der Waals surface area contributed by atoms with Gasteiger partial charge in [0, 0.05) is 23.6 Å².